The molecule has 0 radical (unpaired) electrons. The molecule has 0 aliphatic heterocycles. The molecule has 1 aromatic heterocycles. The van der Waals surface area contributed by atoms with Crippen molar-refractivity contribution in [3.8, 4) is 0 Å². The van der Waals surface area contributed by atoms with E-state index < -0.39 is 0 Å². The minimum Gasteiger partial charge on any atom is -0.349 e. The van der Waals surface area contributed by atoms with Gasteiger partial charge >= 0.3 is 0 Å². The van der Waals surface area contributed by atoms with Gasteiger partial charge in [0.1, 0.15) is 0 Å². The van der Waals surface area contributed by atoms with Gasteiger partial charge in [0.05, 0.1) is 10.6 Å². The van der Waals surface area contributed by atoms with Crippen molar-refractivity contribution in [3.05, 3.63) is 29.0 Å². The molecule has 1 aliphatic carbocycles. The van der Waals surface area contributed by atoms with Crippen molar-refractivity contribution in [3.63, 3.8) is 0 Å². The van der Waals surface area contributed by atoms with E-state index in [2.05, 4.69) is 17.2 Å². The largest absolute Gasteiger partial charge is 0.349 e. The van der Waals surface area contributed by atoms with Crippen LogP contribution in [-0.4, -0.2) is 16.9 Å². The Labute approximate surface area is 113 Å². The van der Waals surface area contributed by atoms with E-state index in [9.17, 15) is 4.79 Å². The number of carbonyl (C=O) groups is 1. The first-order valence-corrected chi connectivity index (χ1v) is 6.96. The second-order valence-electron chi connectivity index (χ2n) is 5.02. The number of hydrogen-bond acceptors (Lipinski definition) is 2. The molecule has 1 amide bonds. The maximum absolute atomic E-state index is 12.1. The van der Waals surface area contributed by atoms with Crippen LogP contribution >= 0.6 is 11.6 Å². The van der Waals surface area contributed by atoms with Gasteiger partial charge in [-0.05, 0) is 31.7 Å². The summed E-state index contributed by atoms with van der Waals surface area (Å²) in [6.45, 7) is 2.08. The van der Waals surface area contributed by atoms with Crippen molar-refractivity contribution in [1.29, 1.82) is 0 Å². The van der Waals surface area contributed by atoms with Crippen LogP contribution < -0.4 is 5.32 Å². The fourth-order valence-corrected chi connectivity index (χ4v) is 2.77. The lowest BCUT2D eigenvalue weighted by atomic mass is 9.84. The molecule has 1 saturated carbocycles. The molecular weight excluding hydrogens is 248 g/mol. The van der Waals surface area contributed by atoms with Crippen molar-refractivity contribution >= 4 is 17.5 Å². The summed E-state index contributed by atoms with van der Waals surface area (Å²) in [5.41, 5.74) is 0.460. The van der Waals surface area contributed by atoms with Gasteiger partial charge in [0.25, 0.3) is 5.91 Å². The number of amides is 1. The molecule has 1 unspecified atom stereocenters. The molecule has 0 bridgehead atoms. The van der Waals surface area contributed by atoms with E-state index in [1.54, 1.807) is 12.3 Å². The molecule has 0 saturated heterocycles. The highest BCUT2D eigenvalue weighted by molar-refractivity contribution is 6.33. The number of halogens is 1. The van der Waals surface area contributed by atoms with Crippen LogP contribution in [0.3, 0.4) is 0 Å². The van der Waals surface area contributed by atoms with E-state index in [1.807, 2.05) is 0 Å². The summed E-state index contributed by atoms with van der Waals surface area (Å²) in [6, 6.07) is 1.84. The van der Waals surface area contributed by atoms with E-state index in [0.29, 0.717) is 16.5 Å². The highest BCUT2D eigenvalue weighted by Crippen LogP contribution is 2.26. The lowest BCUT2D eigenvalue weighted by Gasteiger charge is -2.28. The first-order valence-electron chi connectivity index (χ1n) is 6.59. The Balaban J connectivity index is 1.96. The summed E-state index contributed by atoms with van der Waals surface area (Å²) in [5, 5.41) is 3.50. The molecule has 1 aliphatic rings. The van der Waals surface area contributed by atoms with Crippen LogP contribution in [0, 0.1) is 5.92 Å². The zero-order valence-corrected chi connectivity index (χ0v) is 11.4. The number of nitrogens with zero attached hydrogens (tertiary/aromatic N) is 1. The molecule has 3 nitrogen and oxygen atoms in total. The molecule has 1 aromatic rings. The van der Waals surface area contributed by atoms with Crippen molar-refractivity contribution in [1.82, 2.24) is 10.3 Å². The second-order valence-corrected chi connectivity index (χ2v) is 5.42. The van der Waals surface area contributed by atoms with Crippen LogP contribution in [0.1, 0.15) is 49.4 Å². The van der Waals surface area contributed by atoms with Gasteiger partial charge in [0.15, 0.2) is 0 Å². The Bertz CT molecular complexity index is 416. The van der Waals surface area contributed by atoms with Crippen LogP contribution in [0.2, 0.25) is 5.02 Å². The maximum atomic E-state index is 12.1. The zero-order chi connectivity index (χ0) is 13.0. The lowest BCUT2D eigenvalue weighted by Crippen LogP contribution is -2.39. The van der Waals surface area contributed by atoms with Gasteiger partial charge in [-0.1, -0.05) is 30.9 Å². The summed E-state index contributed by atoms with van der Waals surface area (Å²) in [6.07, 6.45) is 9.40. The topological polar surface area (TPSA) is 42.0 Å². The predicted molar refractivity (Wildman–Crippen MR) is 72.8 cm³/mol. The zero-order valence-electron chi connectivity index (χ0n) is 10.7. The summed E-state index contributed by atoms with van der Waals surface area (Å²) >= 11 is 5.99. The fourth-order valence-electron chi connectivity index (χ4n) is 2.58. The third kappa shape index (κ3) is 3.22. The van der Waals surface area contributed by atoms with Gasteiger partial charge in [0.2, 0.25) is 0 Å². The Morgan fingerprint density at radius 3 is 2.83 bits per heavy atom. The Morgan fingerprint density at radius 1 is 1.44 bits per heavy atom. The van der Waals surface area contributed by atoms with E-state index in [-0.39, 0.29) is 11.9 Å². The van der Waals surface area contributed by atoms with E-state index >= 15 is 0 Å². The number of rotatable bonds is 3. The van der Waals surface area contributed by atoms with E-state index in [1.165, 1.54) is 38.3 Å². The molecule has 18 heavy (non-hydrogen) atoms. The molecule has 0 spiro atoms. The lowest BCUT2D eigenvalue weighted by molar-refractivity contribution is 0.0919. The number of pyridine rings is 1. The third-order valence-electron chi connectivity index (χ3n) is 3.73. The van der Waals surface area contributed by atoms with Gasteiger partial charge in [-0.15, -0.1) is 0 Å². The Kier molecular flexibility index (Phi) is 4.59. The quantitative estimate of drug-likeness (QED) is 0.911. The molecule has 0 aromatic carbocycles. The van der Waals surface area contributed by atoms with Gasteiger partial charge in [0, 0.05) is 18.4 Å². The van der Waals surface area contributed by atoms with Crippen LogP contribution in [0.4, 0.5) is 0 Å². The van der Waals surface area contributed by atoms with E-state index in [4.69, 9.17) is 11.6 Å². The summed E-state index contributed by atoms with van der Waals surface area (Å²) in [5.74, 6) is 0.476. The minimum absolute atomic E-state index is 0.119. The van der Waals surface area contributed by atoms with E-state index in [0.717, 1.165) is 0 Å². The fraction of sp³-hybridized carbons (Fsp3) is 0.571. The van der Waals surface area contributed by atoms with Crippen LogP contribution in [0.5, 0.6) is 0 Å². The molecule has 4 heteroatoms. The highest BCUT2D eigenvalue weighted by Gasteiger charge is 2.22. The van der Waals surface area contributed by atoms with Gasteiger partial charge < -0.3 is 5.32 Å². The molecule has 98 valence electrons. The molecule has 1 fully saturated rings. The Hall–Kier alpha value is -1.09. The molecule has 1 heterocycles. The predicted octanol–water partition coefficient (Wildman–Crippen LogP) is 3.43. The second kappa shape index (κ2) is 6.19. The average molecular weight is 267 g/mol. The van der Waals surface area contributed by atoms with Crippen molar-refractivity contribution < 1.29 is 4.79 Å². The first kappa shape index (κ1) is 13.3. The van der Waals surface area contributed by atoms with Crippen LogP contribution in [0.15, 0.2) is 18.5 Å². The van der Waals surface area contributed by atoms with Crippen molar-refractivity contribution in [2.24, 2.45) is 5.92 Å². The SMILES string of the molecule is CC(NC(=O)c1cnccc1Cl)C1CCCCC1. The van der Waals surface area contributed by atoms with Crippen LogP contribution in [0.25, 0.3) is 0 Å². The van der Waals surface area contributed by atoms with Crippen LogP contribution in [-0.2, 0) is 0 Å². The van der Waals surface area contributed by atoms with Gasteiger partial charge in [-0.25, -0.2) is 0 Å². The number of nitrogens with one attached hydrogen (secondary N) is 1. The molecular formula is C14H19ClN2O. The highest BCUT2D eigenvalue weighted by atomic mass is 35.5. The van der Waals surface area contributed by atoms with Gasteiger partial charge in [-0.3, -0.25) is 9.78 Å². The number of hydrogen-bond donors (Lipinski definition) is 1. The normalized spacial score (nSPS) is 18.3. The summed E-state index contributed by atoms with van der Waals surface area (Å²) < 4.78 is 0. The molecule has 1 N–H and O–H groups in total. The van der Waals surface area contributed by atoms with Crippen molar-refractivity contribution in [2.75, 3.05) is 0 Å². The monoisotopic (exact) mass is 266 g/mol. The Morgan fingerprint density at radius 2 is 2.17 bits per heavy atom. The minimum atomic E-state index is -0.119. The summed E-state index contributed by atoms with van der Waals surface area (Å²) in [7, 11) is 0. The third-order valence-corrected chi connectivity index (χ3v) is 4.06. The standard InChI is InChI=1S/C14H19ClN2O/c1-10(11-5-3-2-4-6-11)17-14(18)12-9-16-8-7-13(12)15/h7-11H,2-6H2,1H3,(H,17,18). The summed E-state index contributed by atoms with van der Waals surface area (Å²) in [4.78, 5) is 16.0. The maximum Gasteiger partial charge on any atom is 0.254 e. The number of carbonyl (C=O) groups excluding carboxylic acids is 1. The van der Waals surface area contributed by atoms with Gasteiger partial charge in [-0.2, -0.15) is 0 Å². The van der Waals surface area contributed by atoms with Crippen molar-refractivity contribution in [2.45, 2.75) is 45.1 Å². The smallest absolute Gasteiger partial charge is 0.254 e. The number of aromatic nitrogens is 1. The molecule has 2 rings (SSSR count). The first-order chi connectivity index (χ1) is 8.68. The molecule has 1 atom stereocenters. The average Bonchev–Trinajstić information content (AvgIpc) is 2.40.